The Morgan fingerprint density at radius 2 is 1.82 bits per heavy atom. The predicted octanol–water partition coefficient (Wildman–Crippen LogP) is -1.21. The molecule has 8 heteroatoms. The Labute approximate surface area is 131 Å². The van der Waals surface area contributed by atoms with Gasteiger partial charge in [-0.25, -0.2) is 8.42 Å². The Kier molecular flexibility index (Phi) is 7.28. The van der Waals surface area contributed by atoms with Gasteiger partial charge in [-0.3, -0.25) is 0 Å². The quantitative estimate of drug-likeness (QED) is 0.561. The number of rotatable bonds is 3. The van der Waals surface area contributed by atoms with Gasteiger partial charge >= 0.3 is 29.6 Å². The summed E-state index contributed by atoms with van der Waals surface area (Å²) in [5, 5.41) is 9.44. The van der Waals surface area contributed by atoms with Crippen LogP contribution in [0.3, 0.4) is 0 Å². The van der Waals surface area contributed by atoms with E-state index in [1.165, 1.54) is 12.1 Å². The molecule has 1 aromatic carbocycles. The monoisotopic (exact) mass is 304 g/mol. The molecule has 1 aromatic rings. The number of hydrogen-bond donors (Lipinski definition) is 1. The van der Waals surface area contributed by atoms with E-state index in [4.69, 9.17) is 28.3 Å². The molecule has 88 valence electrons. The zero-order valence-electron chi connectivity index (χ0n) is 8.80. The smallest absolute Gasteiger partial charge is 0.746 e. The maximum absolute atomic E-state index is 10.4. The summed E-state index contributed by atoms with van der Waals surface area (Å²) in [6.07, 6.45) is 0.757. The van der Waals surface area contributed by atoms with E-state index >= 15 is 0 Å². The van der Waals surface area contributed by atoms with E-state index < -0.39 is 15.6 Å². The van der Waals surface area contributed by atoms with Gasteiger partial charge in [-0.2, -0.15) is 0 Å². The summed E-state index contributed by atoms with van der Waals surface area (Å²) in [6.45, 7) is 0. The van der Waals surface area contributed by atoms with Crippen molar-refractivity contribution in [1.82, 2.24) is 0 Å². The van der Waals surface area contributed by atoms with Crippen molar-refractivity contribution in [3.63, 3.8) is 0 Å². The summed E-state index contributed by atoms with van der Waals surface area (Å²) >= 11 is 11.4. The Morgan fingerprint density at radius 1 is 1.35 bits per heavy atom. The first kappa shape index (κ1) is 17.4. The van der Waals surface area contributed by atoms with Gasteiger partial charge in [0.25, 0.3) is 0 Å². The molecule has 0 saturated heterocycles. The molecule has 4 nitrogen and oxygen atoms in total. The molecule has 1 N–H and O–H groups in total. The molecule has 17 heavy (non-hydrogen) atoms. The maximum atomic E-state index is 10.4. The van der Waals surface area contributed by atoms with Crippen LogP contribution >= 0.6 is 23.2 Å². The SMILES string of the molecule is O=S(=O)([O-])C(O)/C=C(\Cl)c1ccc(Cl)cc1.[Na+]. The molecular weight excluding hydrogens is 298 g/mol. The standard InChI is InChI=1S/C9H8Cl2O4S.Na/c10-7-3-1-6(2-4-7)8(11)5-9(12)16(13,14)15;/h1-5,9,12H,(H,13,14,15);/q;+1/p-1/b8-5-;. The van der Waals surface area contributed by atoms with E-state index in [0.717, 1.165) is 6.08 Å². The molecule has 0 radical (unpaired) electrons. The Balaban J connectivity index is 0.00000256. The molecule has 1 rings (SSSR count). The van der Waals surface area contributed by atoms with Crippen molar-refractivity contribution in [2.75, 3.05) is 0 Å². The zero-order valence-corrected chi connectivity index (χ0v) is 13.1. The summed E-state index contributed by atoms with van der Waals surface area (Å²) in [5.41, 5.74) is -1.70. The fourth-order valence-electron chi connectivity index (χ4n) is 0.914. The van der Waals surface area contributed by atoms with Gasteiger partial charge in [-0.1, -0.05) is 35.3 Å². The fourth-order valence-corrected chi connectivity index (χ4v) is 1.66. The topological polar surface area (TPSA) is 77.4 Å². The second-order valence-electron chi connectivity index (χ2n) is 2.90. The van der Waals surface area contributed by atoms with Gasteiger partial charge in [0.1, 0.15) is 10.1 Å². The Bertz CT molecular complexity index is 498. The average molecular weight is 305 g/mol. The minimum Gasteiger partial charge on any atom is -0.746 e. The summed E-state index contributed by atoms with van der Waals surface area (Å²) in [5.74, 6) is 0. The third-order valence-electron chi connectivity index (χ3n) is 1.70. The van der Waals surface area contributed by atoms with Crippen molar-refractivity contribution < 1.29 is 47.6 Å². The Hall–Kier alpha value is 0.410. The number of halogens is 2. The average Bonchev–Trinajstić information content (AvgIpc) is 2.17. The largest absolute Gasteiger partial charge is 1.00 e. The van der Waals surface area contributed by atoms with Gasteiger partial charge in [0.2, 0.25) is 0 Å². The van der Waals surface area contributed by atoms with Gasteiger partial charge < -0.3 is 9.66 Å². The van der Waals surface area contributed by atoms with Crippen molar-refractivity contribution in [3.05, 3.63) is 40.9 Å². The van der Waals surface area contributed by atoms with Crippen molar-refractivity contribution in [1.29, 1.82) is 0 Å². The predicted molar refractivity (Wildman–Crippen MR) is 61.0 cm³/mol. The van der Waals surface area contributed by atoms with Crippen molar-refractivity contribution in [3.8, 4) is 0 Å². The first-order valence-corrected chi connectivity index (χ1v) is 6.29. The second-order valence-corrected chi connectivity index (χ2v) is 5.22. The summed E-state index contributed by atoms with van der Waals surface area (Å²) in [6, 6.07) is 6.16. The molecular formula is C9H7Cl2NaO4S. The summed E-state index contributed by atoms with van der Waals surface area (Å²) in [7, 11) is -4.80. The zero-order chi connectivity index (χ0) is 12.3. The second kappa shape index (κ2) is 7.11. The molecule has 1 unspecified atom stereocenters. The molecule has 0 heterocycles. The van der Waals surface area contributed by atoms with Gasteiger partial charge in [0.15, 0.2) is 5.44 Å². The third-order valence-corrected chi connectivity index (χ3v) is 3.03. The van der Waals surface area contributed by atoms with Crippen LogP contribution in [0.5, 0.6) is 0 Å². The van der Waals surface area contributed by atoms with Gasteiger partial charge in [0.05, 0.1) is 0 Å². The van der Waals surface area contributed by atoms with Crippen LogP contribution in [-0.2, 0) is 10.1 Å². The van der Waals surface area contributed by atoms with Crippen LogP contribution in [-0.4, -0.2) is 23.5 Å². The first-order chi connectivity index (χ1) is 7.30. The minimum absolute atomic E-state index is 0. The van der Waals surface area contributed by atoms with E-state index in [1.54, 1.807) is 12.1 Å². The van der Waals surface area contributed by atoms with E-state index in [0.29, 0.717) is 10.6 Å². The van der Waals surface area contributed by atoms with Crippen LogP contribution < -0.4 is 29.6 Å². The molecule has 0 aliphatic rings. The van der Waals surface area contributed by atoms with Crippen molar-refractivity contribution in [2.45, 2.75) is 5.44 Å². The number of hydrogen-bond acceptors (Lipinski definition) is 4. The third kappa shape index (κ3) is 5.72. The van der Waals surface area contributed by atoms with Crippen LogP contribution in [0.2, 0.25) is 5.02 Å². The molecule has 0 spiro atoms. The molecule has 0 fully saturated rings. The first-order valence-electron chi connectivity index (χ1n) is 4.07. The van der Waals surface area contributed by atoms with E-state index in [1.807, 2.05) is 0 Å². The molecule has 0 aliphatic heterocycles. The fraction of sp³-hybridized carbons (Fsp3) is 0.111. The van der Waals surface area contributed by atoms with E-state index in [2.05, 4.69) is 0 Å². The molecule has 0 bridgehead atoms. The van der Waals surface area contributed by atoms with Crippen LogP contribution in [0, 0.1) is 0 Å². The van der Waals surface area contributed by atoms with Gasteiger partial charge in [-0.15, -0.1) is 0 Å². The number of aliphatic hydroxyl groups is 1. The molecule has 0 amide bonds. The van der Waals surface area contributed by atoms with Crippen molar-refractivity contribution in [2.24, 2.45) is 0 Å². The normalized spacial score (nSPS) is 14.0. The number of aliphatic hydroxyl groups excluding tert-OH is 1. The van der Waals surface area contributed by atoms with E-state index in [-0.39, 0.29) is 34.6 Å². The van der Waals surface area contributed by atoms with Crippen LogP contribution in [0.15, 0.2) is 30.3 Å². The molecule has 0 saturated carbocycles. The Morgan fingerprint density at radius 3 is 2.24 bits per heavy atom. The van der Waals surface area contributed by atoms with Crippen LogP contribution in [0.25, 0.3) is 5.03 Å². The van der Waals surface area contributed by atoms with Crippen LogP contribution in [0.4, 0.5) is 0 Å². The van der Waals surface area contributed by atoms with Gasteiger partial charge in [0, 0.05) is 10.1 Å². The summed E-state index contributed by atoms with van der Waals surface area (Å²) in [4.78, 5) is 0. The summed E-state index contributed by atoms with van der Waals surface area (Å²) < 4.78 is 31.3. The number of benzene rings is 1. The van der Waals surface area contributed by atoms with Crippen molar-refractivity contribution >= 4 is 38.4 Å². The maximum Gasteiger partial charge on any atom is 1.00 e. The molecule has 0 aliphatic carbocycles. The molecule has 0 aromatic heterocycles. The van der Waals surface area contributed by atoms with Crippen LogP contribution in [0.1, 0.15) is 5.56 Å². The minimum atomic E-state index is -4.80. The molecule has 1 atom stereocenters. The van der Waals surface area contributed by atoms with E-state index in [9.17, 15) is 13.0 Å². The van der Waals surface area contributed by atoms with Gasteiger partial charge in [-0.05, 0) is 23.8 Å².